The van der Waals surface area contributed by atoms with Crippen LogP contribution in [0, 0.1) is 11.3 Å². The molecule has 0 spiro atoms. The number of rotatable bonds is 6. The van der Waals surface area contributed by atoms with Crippen LogP contribution >= 0.6 is 0 Å². The molecular weight excluding hydrogens is 412 g/mol. The van der Waals surface area contributed by atoms with Gasteiger partial charge in [-0.2, -0.15) is 19.1 Å². The summed E-state index contributed by atoms with van der Waals surface area (Å²) in [5.74, 6) is -2.35. The number of nitriles is 1. The summed E-state index contributed by atoms with van der Waals surface area (Å²) in [5, 5.41) is 13.8. The number of pyridine rings is 1. The first-order valence-corrected chi connectivity index (χ1v) is 9.77. The van der Waals surface area contributed by atoms with Gasteiger partial charge in [-0.05, 0) is 30.3 Å². The average molecular weight is 431 g/mol. The zero-order valence-electron chi connectivity index (χ0n) is 17.2. The third-order valence-electron chi connectivity index (χ3n) is 4.95. The lowest BCUT2D eigenvalue weighted by atomic mass is 10.1. The molecule has 6 nitrogen and oxygen atoms in total. The number of nitrogens with zero attached hydrogens (tertiary/aromatic N) is 4. The summed E-state index contributed by atoms with van der Waals surface area (Å²) >= 11 is 0. The molecule has 4 rings (SSSR count). The molecule has 0 bridgehead atoms. The van der Waals surface area contributed by atoms with Crippen molar-refractivity contribution in [2.24, 2.45) is 12.8 Å². The predicted molar refractivity (Wildman–Crippen MR) is 116 cm³/mol. The van der Waals surface area contributed by atoms with Gasteiger partial charge in [-0.1, -0.05) is 30.3 Å². The number of hydrogen-bond acceptors (Lipinski definition) is 5. The standard InChI is InChI=1S/C24H19F2N5O/c1-31-23(12-21(30-31)17-5-3-2-4-6-17)32-22-11-16(13-27)7-9-19(22)20-10-8-18(14-29-20)24(25,26)15-28/h2-12,14H,15,28H2,1H3. The number of alkyl halides is 2. The van der Waals surface area contributed by atoms with E-state index in [1.807, 2.05) is 30.3 Å². The Morgan fingerprint density at radius 1 is 1.06 bits per heavy atom. The fraction of sp³-hybridized carbons (Fsp3) is 0.125. The summed E-state index contributed by atoms with van der Waals surface area (Å²) < 4.78 is 35.4. The second-order valence-corrected chi connectivity index (χ2v) is 7.12. The highest BCUT2D eigenvalue weighted by Gasteiger charge is 2.30. The summed E-state index contributed by atoms with van der Waals surface area (Å²) in [6.07, 6.45) is 1.10. The minimum atomic E-state index is -3.15. The summed E-state index contributed by atoms with van der Waals surface area (Å²) in [4.78, 5) is 4.18. The maximum atomic E-state index is 13.8. The van der Waals surface area contributed by atoms with Gasteiger partial charge in [0.05, 0.1) is 29.6 Å². The highest BCUT2D eigenvalue weighted by Crippen LogP contribution is 2.35. The molecule has 4 aromatic rings. The Morgan fingerprint density at radius 3 is 2.50 bits per heavy atom. The first-order chi connectivity index (χ1) is 15.4. The Balaban J connectivity index is 1.71. The van der Waals surface area contributed by atoms with Crippen LogP contribution in [0.25, 0.3) is 22.5 Å². The molecule has 0 saturated heterocycles. The van der Waals surface area contributed by atoms with Crippen molar-refractivity contribution in [3.63, 3.8) is 0 Å². The van der Waals surface area contributed by atoms with E-state index in [4.69, 9.17) is 10.5 Å². The fourth-order valence-corrected chi connectivity index (χ4v) is 3.18. The predicted octanol–water partition coefficient (Wildman–Crippen LogP) is 4.86. The molecule has 0 atom stereocenters. The molecule has 2 N–H and O–H groups in total. The maximum Gasteiger partial charge on any atom is 0.286 e. The second kappa shape index (κ2) is 8.57. The van der Waals surface area contributed by atoms with Crippen molar-refractivity contribution in [3.05, 3.63) is 84.1 Å². The first kappa shape index (κ1) is 21.2. The molecule has 2 aromatic heterocycles. The van der Waals surface area contributed by atoms with Crippen molar-refractivity contribution in [2.75, 3.05) is 6.54 Å². The molecule has 0 unspecified atom stereocenters. The molecule has 2 heterocycles. The summed E-state index contributed by atoms with van der Waals surface area (Å²) in [5.41, 5.74) is 7.91. The molecule has 160 valence electrons. The van der Waals surface area contributed by atoms with Crippen LogP contribution in [0.15, 0.2) is 72.9 Å². The van der Waals surface area contributed by atoms with Gasteiger partial charge in [-0.25, -0.2) is 4.68 Å². The van der Waals surface area contributed by atoms with Gasteiger partial charge in [0.15, 0.2) is 0 Å². The molecule has 2 aromatic carbocycles. The SMILES string of the molecule is Cn1nc(-c2ccccc2)cc1Oc1cc(C#N)ccc1-c1ccc(C(F)(F)CN)cn1. The lowest BCUT2D eigenvalue weighted by molar-refractivity contribution is 0.00563. The zero-order chi connectivity index (χ0) is 22.7. The number of hydrogen-bond donors (Lipinski definition) is 1. The van der Waals surface area contributed by atoms with Crippen molar-refractivity contribution >= 4 is 0 Å². The monoisotopic (exact) mass is 431 g/mol. The van der Waals surface area contributed by atoms with Crippen molar-refractivity contribution in [3.8, 4) is 40.2 Å². The number of aryl methyl sites for hydroxylation is 1. The highest BCUT2D eigenvalue weighted by atomic mass is 19.3. The van der Waals surface area contributed by atoms with Gasteiger partial charge in [0.2, 0.25) is 5.88 Å². The van der Waals surface area contributed by atoms with E-state index in [0.29, 0.717) is 28.5 Å². The zero-order valence-corrected chi connectivity index (χ0v) is 17.2. The van der Waals surface area contributed by atoms with Crippen LogP contribution in [0.5, 0.6) is 11.6 Å². The Kier molecular flexibility index (Phi) is 5.67. The third kappa shape index (κ3) is 4.19. The molecule has 0 saturated carbocycles. The second-order valence-electron chi connectivity index (χ2n) is 7.12. The van der Waals surface area contributed by atoms with Gasteiger partial charge in [-0.15, -0.1) is 0 Å². The molecular formula is C24H19F2N5O. The van der Waals surface area contributed by atoms with Crippen molar-refractivity contribution in [2.45, 2.75) is 5.92 Å². The molecule has 0 aliphatic heterocycles. The Bertz CT molecular complexity index is 1280. The topological polar surface area (TPSA) is 89.8 Å². The lowest BCUT2D eigenvalue weighted by Crippen LogP contribution is -2.25. The van der Waals surface area contributed by atoms with Crippen molar-refractivity contribution in [1.82, 2.24) is 14.8 Å². The average Bonchev–Trinajstić information content (AvgIpc) is 3.19. The molecule has 0 amide bonds. The summed E-state index contributed by atoms with van der Waals surface area (Å²) in [6.45, 7) is -0.802. The fourth-order valence-electron chi connectivity index (χ4n) is 3.18. The van der Waals surface area contributed by atoms with Gasteiger partial charge in [0.25, 0.3) is 5.92 Å². The van der Waals surface area contributed by atoms with E-state index in [2.05, 4.69) is 16.2 Å². The largest absolute Gasteiger partial charge is 0.439 e. The van der Waals surface area contributed by atoms with Crippen LogP contribution < -0.4 is 10.5 Å². The van der Waals surface area contributed by atoms with Crippen LogP contribution in [0.4, 0.5) is 8.78 Å². The summed E-state index contributed by atoms with van der Waals surface area (Å²) in [6, 6.07) is 21.1. The molecule has 0 fully saturated rings. The molecule has 0 aliphatic carbocycles. The van der Waals surface area contributed by atoms with Gasteiger partial charge in [0, 0.05) is 36.0 Å². The maximum absolute atomic E-state index is 13.8. The van der Waals surface area contributed by atoms with Crippen LogP contribution in [0.3, 0.4) is 0 Å². The van der Waals surface area contributed by atoms with E-state index in [0.717, 1.165) is 17.5 Å². The number of aromatic nitrogens is 3. The molecule has 0 radical (unpaired) electrons. The van der Waals surface area contributed by atoms with E-state index in [1.165, 1.54) is 12.1 Å². The van der Waals surface area contributed by atoms with Gasteiger partial charge < -0.3 is 10.5 Å². The molecule has 0 aliphatic rings. The third-order valence-corrected chi connectivity index (χ3v) is 4.95. The van der Waals surface area contributed by atoms with Crippen LogP contribution in [0.1, 0.15) is 11.1 Å². The summed E-state index contributed by atoms with van der Waals surface area (Å²) in [7, 11) is 1.75. The van der Waals surface area contributed by atoms with Gasteiger partial charge in [-0.3, -0.25) is 4.98 Å². The first-order valence-electron chi connectivity index (χ1n) is 9.77. The minimum absolute atomic E-state index is 0.265. The number of halogens is 2. The van der Waals surface area contributed by atoms with E-state index < -0.39 is 12.5 Å². The van der Waals surface area contributed by atoms with Crippen LogP contribution in [-0.2, 0) is 13.0 Å². The number of ether oxygens (including phenoxy) is 1. The quantitative estimate of drug-likeness (QED) is 0.471. The Labute approximate surface area is 183 Å². The molecule has 32 heavy (non-hydrogen) atoms. The Morgan fingerprint density at radius 2 is 1.84 bits per heavy atom. The van der Waals surface area contributed by atoms with E-state index in [9.17, 15) is 14.0 Å². The van der Waals surface area contributed by atoms with Gasteiger partial charge in [0.1, 0.15) is 5.75 Å². The van der Waals surface area contributed by atoms with E-state index >= 15 is 0 Å². The van der Waals surface area contributed by atoms with E-state index in [1.54, 1.807) is 36.0 Å². The molecule has 8 heteroatoms. The highest BCUT2D eigenvalue weighted by molar-refractivity contribution is 5.69. The van der Waals surface area contributed by atoms with E-state index in [-0.39, 0.29) is 5.56 Å². The van der Waals surface area contributed by atoms with Gasteiger partial charge >= 0.3 is 0 Å². The van der Waals surface area contributed by atoms with Crippen LogP contribution in [-0.4, -0.2) is 21.3 Å². The lowest BCUT2D eigenvalue weighted by Gasteiger charge is -2.15. The normalized spacial score (nSPS) is 11.2. The number of nitrogens with two attached hydrogens (primary N) is 1. The smallest absolute Gasteiger partial charge is 0.286 e. The number of benzene rings is 2. The van der Waals surface area contributed by atoms with Crippen molar-refractivity contribution < 1.29 is 13.5 Å². The van der Waals surface area contributed by atoms with Crippen LogP contribution in [0.2, 0.25) is 0 Å². The Hall–Kier alpha value is -4.09. The van der Waals surface area contributed by atoms with Crippen molar-refractivity contribution in [1.29, 1.82) is 5.26 Å². The minimum Gasteiger partial charge on any atom is -0.439 e.